The van der Waals surface area contributed by atoms with Crippen molar-refractivity contribution in [2.75, 3.05) is 0 Å². The quantitative estimate of drug-likeness (QED) is 0.128. The average molecular weight is 1010 g/mol. The second-order valence-electron chi connectivity index (χ2n) is 22.4. The van der Waals surface area contributed by atoms with Gasteiger partial charge in [-0.3, -0.25) is 0 Å². The number of benzene rings is 8. The monoisotopic (exact) mass is 1000 g/mol. The summed E-state index contributed by atoms with van der Waals surface area (Å²) in [5, 5.41) is 23.0. The van der Waals surface area contributed by atoms with Crippen molar-refractivity contribution in [3.8, 4) is 0 Å². The first-order valence-electron chi connectivity index (χ1n) is 29.4. The van der Waals surface area contributed by atoms with E-state index in [0.29, 0.717) is 23.7 Å². The Hall–Kier alpha value is -6.32. The van der Waals surface area contributed by atoms with E-state index in [2.05, 4.69) is 146 Å². The first-order valence-corrected chi connectivity index (χ1v) is 29.4. The summed E-state index contributed by atoms with van der Waals surface area (Å²) in [5.41, 5.74) is 8.35. The molecule has 2 nitrogen and oxygen atoms in total. The predicted octanol–water partition coefficient (Wildman–Crippen LogP) is 19.0. The van der Waals surface area contributed by atoms with Gasteiger partial charge in [-0.05, 0) is 120 Å². The molecular weight excluding hydrogens is 921 g/mol. The molecule has 4 aliphatic rings. The Morgan fingerprint density at radius 2 is 0.421 bits per heavy atom. The second kappa shape index (κ2) is 28.2. The zero-order valence-corrected chi connectivity index (χ0v) is 45.2. The fraction of sp³-hybridized carbons (Fsp3) is 0.351. The molecule has 0 saturated heterocycles. The smallest absolute Gasteiger partial charge is 0.117 e. The van der Waals surface area contributed by atoms with Gasteiger partial charge in [0, 0.05) is 11.8 Å². The van der Waals surface area contributed by atoms with Crippen LogP contribution in [0.4, 0.5) is 0 Å². The van der Waals surface area contributed by atoms with Gasteiger partial charge in [0.1, 0.15) is 11.2 Å². The molecule has 0 spiro atoms. The molecule has 4 aliphatic carbocycles. The number of rotatable bonds is 12. The largest absolute Gasteiger partial charge is 0.380 e. The SMILES string of the molecule is OC(c1ccccc1)(c1ccccc1)C1CCCC1.OC(c1ccccc1)(c1ccccc1)C1CCCCC1.c1ccc(C(c2ccccc2)C2CCCC2)cc1.c1ccc(C(c2ccccc2)C2CCCCC2)cc1. The van der Waals surface area contributed by atoms with Crippen molar-refractivity contribution in [1.29, 1.82) is 0 Å². The number of aliphatic hydroxyl groups is 2. The van der Waals surface area contributed by atoms with Gasteiger partial charge in [0.15, 0.2) is 0 Å². The molecule has 12 rings (SSSR count). The molecule has 0 bridgehead atoms. The van der Waals surface area contributed by atoms with E-state index in [9.17, 15) is 10.2 Å². The van der Waals surface area contributed by atoms with Crippen LogP contribution in [0.1, 0.15) is 172 Å². The third-order valence-corrected chi connectivity index (χ3v) is 17.6. The molecule has 0 aliphatic heterocycles. The molecule has 0 aromatic heterocycles. The lowest BCUT2D eigenvalue weighted by Crippen LogP contribution is -2.37. The molecule has 4 fully saturated rings. The van der Waals surface area contributed by atoms with Crippen LogP contribution in [0.5, 0.6) is 0 Å². The number of hydrogen-bond acceptors (Lipinski definition) is 2. The minimum atomic E-state index is -0.844. The Morgan fingerprint density at radius 3 is 0.658 bits per heavy atom. The maximum Gasteiger partial charge on any atom is 0.117 e. The molecule has 0 atom stereocenters. The first-order chi connectivity index (χ1) is 37.5. The zero-order valence-electron chi connectivity index (χ0n) is 45.2. The van der Waals surface area contributed by atoms with E-state index in [1.165, 1.54) is 112 Å². The highest BCUT2D eigenvalue weighted by Crippen LogP contribution is 2.47. The van der Waals surface area contributed by atoms with Crippen molar-refractivity contribution in [2.24, 2.45) is 23.7 Å². The summed E-state index contributed by atoms with van der Waals surface area (Å²) < 4.78 is 0. The van der Waals surface area contributed by atoms with Gasteiger partial charge in [0.2, 0.25) is 0 Å². The maximum atomic E-state index is 11.6. The fourth-order valence-electron chi connectivity index (χ4n) is 13.8. The Bertz CT molecular complexity index is 2620. The van der Waals surface area contributed by atoms with Gasteiger partial charge in [-0.2, -0.15) is 0 Å². The summed E-state index contributed by atoms with van der Waals surface area (Å²) in [6, 6.07) is 84.7. The minimum absolute atomic E-state index is 0.320. The molecule has 392 valence electrons. The fourth-order valence-corrected chi connectivity index (χ4v) is 13.8. The van der Waals surface area contributed by atoms with Crippen molar-refractivity contribution in [1.82, 2.24) is 0 Å². The topological polar surface area (TPSA) is 40.5 Å². The van der Waals surface area contributed by atoms with Gasteiger partial charge in [0.05, 0.1) is 0 Å². The van der Waals surface area contributed by atoms with Crippen LogP contribution in [0, 0.1) is 23.7 Å². The van der Waals surface area contributed by atoms with E-state index in [-0.39, 0.29) is 0 Å². The third-order valence-electron chi connectivity index (χ3n) is 17.6. The molecule has 2 heteroatoms. The van der Waals surface area contributed by atoms with E-state index < -0.39 is 11.2 Å². The summed E-state index contributed by atoms with van der Waals surface area (Å²) in [6.07, 6.45) is 23.2. The molecule has 0 radical (unpaired) electrons. The van der Waals surface area contributed by atoms with Crippen molar-refractivity contribution in [3.05, 3.63) is 287 Å². The van der Waals surface area contributed by atoms with E-state index in [4.69, 9.17) is 0 Å². The highest BCUT2D eigenvalue weighted by molar-refractivity contribution is 5.39. The van der Waals surface area contributed by atoms with Crippen LogP contribution in [-0.2, 0) is 11.2 Å². The standard InChI is InChI=1S/C19H22O.C19H22.C18H20O.C18H20/c20-19(16-10-4-1-5-11-16,17-12-6-2-7-13-17)18-14-8-3-9-15-18;1-4-10-16(11-5-1)19(17-12-6-2-7-13-17)18-14-8-3-9-15-18;19-18(17-13-7-8-14-17,15-9-3-1-4-10-15)16-11-5-2-6-12-16;1-3-9-15(10-4-1)18(17-13-7-8-14-17)16-11-5-2-6-12-16/h1-2,4-7,10-13,18,20H,3,8-9,14-15H2;1-2,4-7,10-13,18-19H,3,8-9,14-15H2;1-6,9-12,17,19H,7-8,13-14H2;1-6,9-12,17-18H,7-8,13-14H2. The van der Waals surface area contributed by atoms with Crippen molar-refractivity contribution in [3.63, 3.8) is 0 Å². The number of hydrogen-bond donors (Lipinski definition) is 2. The maximum absolute atomic E-state index is 11.6. The van der Waals surface area contributed by atoms with Crippen LogP contribution in [-0.4, -0.2) is 10.2 Å². The summed E-state index contributed by atoms with van der Waals surface area (Å²) in [5.74, 6) is 3.48. The third kappa shape index (κ3) is 13.8. The van der Waals surface area contributed by atoms with Gasteiger partial charge in [-0.25, -0.2) is 0 Å². The van der Waals surface area contributed by atoms with Crippen LogP contribution < -0.4 is 0 Å². The van der Waals surface area contributed by atoms with E-state index in [1.54, 1.807) is 0 Å². The summed E-state index contributed by atoms with van der Waals surface area (Å²) in [7, 11) is 0. The Morgan fingerprint density at radius 1 is 0.237 bits per heavy atom. The van der Waals surface area contributed by atoms with Crippen molar-refractivity contribution in [2.45, 2.75) is 139 Å². The van der Waals surface area contributed by atoms with E-state index in [0.717, 1.165) is 59.8 Å². The average Bonchev–Trinajstić information content (AvgIpc) is 4.27. The van der Waals surface area contributed by atoms with Gasteiger partial charge in [0.25, 0.3) is 0 Å². The summed E-state index contributed by atoms with van der Waals surface area (Å²) >= 11 is 0. The lowest BCUT2D eigenvalue weighted by atomic mass is 9.70. The second-order valence-corrected chi connectivity index (χ2v) is 22.4. The van der Waals surface area contributed by atoms with Gasteiger partial charge in [-0.1, -0.05) is 307 Å². The Labute approximate surface area is 457 Å². The minimum Gasteiger partial charge on any atom is -0.380 e. The van der Waals surface area contributed by atoms with Crippen molar-refractivity contribution < 1.29 is 10.2 Å². The molecule has 0 heterocycles. The Balaban J connectivity index is 0.000000124. The van der Waals surface area contributed by atoms with E-state index in [1.807, 2.05) is 97.1 Å². The highest BCUT2D eigenvalue weighted by atomic mass is 16.3. The van der Waals surface area contributed by atoms with Crippen LogP contribution in [0.3, 0.4) is 0 Å². The highest BCUT2D eigenvalue weighted by Gasteiger charge is 2.42. The molecule has 76 heavy (non-hydrogen) atoms. The summed E-state index contributed by atoms with van der Waals surface area (Å²) in [6.45, 7) is 0. The Kier molecular flexibility index (Phi) is 20.2. The lowest BCUT2D eigenvalue weighted by molar-refractivity contribution is -0.000716. The molecule has 4 saturated carbocycles. The molecule has 0 amide bonds. The van der Waals surface area contributed by atoms with Crippen LogP contribution >= 0.6 is 0 Å². The molecule has 2 N–H and O–H groups in total. The van der Waals surface area contributed by atoms with Gasteiger partial charge in [-0.15, -0.1) is 0 Å². The van der Waals surface area contributed by atoms with Crippen LogP contribution in [0.15, 0.2) is 243 Å². The van der Waals surface area contributed by atoms with Crippen molar-refractivity contribution >= 4 is 0 Å². The predicted molar refractivity (Wildman–Crippen MR) is 318 cm³/mol. The molecular formula is C74H84O2. The molecule has 8 aromatic carbocycles. The molecule has 8 aromatic rings. The normalized spacial score (nSPS) is 16.7. The lowest BCUT2D eigenvalue weighted by Gasteiger charge is -2.39. The van der Waals surface area contributed by atoms with E-state index >= 15 is 0 Å². The van der Waals surface area contributed by atoms with Gasteiger partial charge >= 0.3 is 0 Å². The first kappa shape index (κ1) is 54.5. The molecule has 0 unspecified atom stereocenters. The van der Waals surface area contributed by atoms with Gasteiger partial charge < -0.3 is 10.2 Å². The summed E-state index contributed by atoms with van der Waals surface area (Å²) in [4.78, 5) is 0. The van der Waals surface area contributed by atoms with Crippen LogP contribution in [0.25, 0.3) is 0 Å². The van der Waals surface area contributed by atoms with Crippen LogP contribution in [0.2, 0.25) is 0 Å². The zero-order chi connectivity index (χ0) is 52.1.